The normalized spacial score (nSPS) is 26.3. The molecule has 1 aliphatic carbocycles. The number of hydrogen-bond donors (Lipinski definition) is 2. The summed E-state index contributed by atoms with van der Waals surface area (Å²) in [5, 5.41) is 5.96. The summed E-state index contributed by atoms with van der Waals surface area (Å²) < 4.78 is 0. The van der Waals surface area contributed by atoms with Gasteiger partial charge in [-0.25, -0.2) is 0 Å². The number of amides is 1. The van der Waals surface area contributed by atoms with Crippen LogP contribution in [0.25, 0.3) is 0 Å². The van der Waals surface area contributed by atoms with Gasteiger partial charge in [0.15, 0.2) is 0 Å². The van der Waals surface area contributed by atoms with Crippen LogP contribution in [0.3, 0.4) is 0 Å². The first kappa shape index (κ1) is 12.5. The van der Waals surface area contributed by atoms with Gasteiger partial charge in [-0.3, -0.25) is 4.79 Å². The molecule has 3 nitrogen and oxygen atoms in total. The van der Waals surface area contributed by atoms with Gasteiger partial charge < -0.3 is 10.6 Å². The van der Waals surface area contributed by atoms with E-state index in [1.807, 2.05) is 0 Å². The maximum absolute atomic E-state index is 11.0. The Morgan fingerprint density at radius 2 is 1.93 bits per heavy atom. The largest absolute Gasteiger partial charge is 0.358 e. The van der Waals surface area contributed by atoms with E-state index in [2.05, 4.69) is 17.6 Å². The Balaban J connectivity index is 2.12. The molecule has 1 rings (SSSR count). The molecule has 0 aromatic rings. The topological polar surface area (TPSA) is 41.1 Å². The van der Waals surface area contributed by atoms with E-state index in [1.165, 1.54) is 38.5 Å². The summed E-state index contributed by atoms with van der Waals surface area (Å²) in [6.07, 6.45) is 7.82. The maximum atomic E-state index is 11.0. The van der Waals surface area contributed by atoms with Gasteiger partial charge in [0.1, 0.15) is 0 Å². The van der Waals surface area contributed by atoms with Gasteiger partial charge in [0.05, 0.1) is 6.54 Å². The molecule has 1 aliphatic rings. The van der Waals surface area contributed by atoms with Gasteiger partial charge in [-0.1, -0.05) is 19.8 Å². The van der Waals surface area contributed by atoms with Crippen molar-refractivity contribution in [2.45, 2.75) is 51.5 Å². The zero-order valence-corrected chi connectivity index (χ0v) is 10.0. The molecule has 88 valence electrons. The highest BCUT2D eigenvalue weighted by atomic mass is 16.1. The predicted molar refractivity (Wildman–Crippen MR) is 62.7 cm³/mol. The van der Waals surface area contributed by atoms with E-state index in [0.717, 1.165) is 5.92 Å². The summed E-state index contributed by atoms with van der Waals surface area (Å²) in [4.78, 5) is 11.0. The van der Waals surface area contributed by atoms with Crippen LogP contribution in [0.5, 0.6) is 0 Å². The van der Waals surface area contributed by atoms with Crippen LogP contribution in [0.15, 0.2) is 0 Å². The van der Waals surface area contributed by atoms with Crippen molar-refractivity contribution in [3.63, 3.8) is 0 Å². The lowest BCUT2D eigenvalue weighted by Crippen LogP contribution is -2.39. The number of likely N-dealkylation sites (N-methyl/N-ethyl adjacent to an activating group) is 1. The zero-order chi connectivity index (χ0) is 11.1. The molecule has 3 heteroatoms. The molecule has 0 spiro atoms. The maximum Gasteiger partial charge on any atom is 0.233 e. The molecule has 1 saturated carbocycles. The van der Waals surface area contributed by atoms with Crippen molar-refractivity contribution in [2.24, 2.45) is 5.92 Å². The second kappa shape index (κ2) is 6.83. The first-order chi connectivity index (χ1) is 7.26. The fourth-order valence-electron chi connectivity index (χ4n) is 2.39. The third-order valence-electron chi connectivity index (χ3n) is 3.37. The Hall–Kier alpha value is -0.570. The number of carbonyl (C=O) groups excluding carboxylic acids is 1. The molecular weight excluding hydrogens is 188 g/mol. The molecule has 0 aromatic heterocycles. The second-order valence-corrected chi connectivity index (χ2v) is 4.56. The average molecular weight is 212 g/mol. The van der Waals surface area contributed by atoms with Gasteiger partial charge >= 0.3 is 0 Å². The van der Waals surface area contributed by atoms with Crippen LogP contribution in [0.4, 0.5) is 0 Å². The van der Waals surface area contributed by atoms with Gasteiger partial charge in [0, 0.05) is 13.1 Å². The number of carbonyl (C=O) groups is 1. The van der Waals surface area contributed by atoms with Crippen LogP contribution in [-0.4, -0.2) is 25.5 Å². The van der Waals surface area contributed by atoms with E-state index < -0.39 is 0 Å². The van der Waals surface area contributed by atoms with Crippen molar-refractivity contribution in [3.05, 3.63) is 0 Å². The van der Waals surface area contributed by atoms with Gasteiger partial charge in [-0.15, -0.1) is 0 Å². The van der Waals surface area contributed by atoms with Gasteiger partial charge in [-0.05, 0) is 31.6 Å². The molecule has 0 unspecified atom stereocenters. The predicted octanol–water partition coefficient (Wildman–Crippen LogP) is 1.68. The standard InChI is InChI=1S/C12H24N2O/c1-3-4-10-5-7-11(8-6-10)14-9-12(15)13-2/h10-11,14H,3-9H2,1-2H3,(H,13,15). The first-order valence-electron chi connectivity index (χ1n) is 6.20. The van der Waals surface area contributed by atoms with Crippen molar-refractivity contribution in [3.8, 4) is 0 Å². The molecule has 0 saturated heterocycles. The SMILES string of the molecule is CCCC1CCC(NCC(=O)NC)CC1. The van der Waals surface area contributed by atoms with E-state index in [1.54, 1.807) is 7.05 Å². The van der Waals surface area contributed by atoms with Gasteiger partial charge in [0.2, 0.25) is 5.91 Å². The summed E-state index contributed by atoms with van der Waals surface area (Å²) in [7, 11) is 1.68. The van der Waals surface area contributed by atoms with Gasteiger partial charge in [0.25, 0.3) is 0 Å². The molecule has 0 heterocycles. The molecule has 0 radical (unpaired) electrons. The third kappa shape index (κ3) is 4.65. The third-order valence-corrected chi connectivity index (χ3v) is 3.37. The molecule has 15 heavy (non-hydrogen) atoms. The van der Waals surface area contributed by atoms with Crippen molar-refractivity contribution in [1.82, 2.24) is 10.6 Å². The minimum atomic E-state index is 0.0886. The summed E-state index contributed by atoms with van der Waals surface area (Å²) in [5.41, 5.74) is 0. The van der Waals surface area contributed by atoms with Crippen LogP contribution >= 0.6 is 0 Å². The highest BCUT2D eigenvalue weighted by Crippen LogP contribution is 2.27. The summed E-state index contributed by atoms with van der Waals surface area (Å²) >= 11 is 0. The lowest BCUT2D eigenvalue weighted by molar-refractivity contribution is -0.119. The van der Waals surface area contributed by atoms with Crippen molar-refractivity contribution in [1.29, 1.82) is 0 Å². The van der Waals surface area contributed by atoms with E-state index in [0.29, 0.717) is 12.6 Å². The number of rotatable bonds is 5. The Morgan fingerprint density at radius 1 is 1.27 bits per heavy atom. The smallest absolute Gasteiger partial charge is 0.233 e. The number of hydrogen-bond acceptors (Lipinski definition) is 2. The molecular formula is C12H24N2O. The molecule has 0 aromatic carbocycles. The fraction of sp³-hybridized carbons (Fsp3) is 0.917. The molecule has 1 fully saturated rings. The quantitative estimate of drug-likeness (QED) is 0.728. The van der Waals surface area contributed by atoms with E-state index in [4.69, 9.17) is 0 Å². The van der Waals surface area contributed by atoms with Crippen LogP contribution in [-0.2, 0) is 4.79 Å². The van der Waals surface area contributed by atoms with Crippen LogP contribution in [0.2, 0.25) is 0 Å². The molecule has 2 N–H and O–H groups in total. The Morgan fingerprint density at radius 3 is 2.47 bits per heavy atom. The summed E-state index contributed by atoms with van der Waals surface area (Å²) in [5.74, 6) is 1.03. The number of nitrogens with one attached hydrogen (secondary N) is 2. The van der Waals surface area contributed by atoms with E-state index >= 15 is 0 Å². The second-order valence-electron chi connectivity index (χ2n) is 4.56. The van der Waals surface area contributed by atoms with Crippen LogP contribution in [0, 0.1) is 5.92 Å². The lowest BCUT2D eigenvalue weighted by atomic mass is 9.83. The molecule has 0 aliphatic heterocycles. The first-order valence-corrected chi connectivity index (χ1v) is 6.20. The van der Waals surface area contributed by atoms with Gasteiger partial charge in [-0.2, -0.15) is 0 Å². The monoisotopic (exact) mass is 212 g/mol. The minimum Gasteiger partial charge on any atom is -0.358 e. The fourth-order valence-corrected chi connectivity index (χ4v) is 2.39. The minimum absolute atomic E-state index is 0.0886. The molecule has 0 atom stereocenters. The molecule has 1 amide bonds. The van der Waals surface area contributed by atoms with E-state index in [-0.39, 0.29) is 5.91 Å². The highest BCUT2D eigenvalue weighted by Gasteiger charge is 2.20. The lowest BCUT2D eigenvalue weighted by Gasteiger charge is -2.28. The van der Waals surface area contributed by atoms with Crippen LogP contribution < -0.4 is 10.6 Å². The Bertz CT molecular complexity index is 186. The zero-order valence-electron chi connectivity index (χ0n) is 10.0. The van der Waals surface area contributed by atoms with Crippen molar-refractivity contribution >= 4 is 5.91 Å². The van der Waals surface area contributed by atoms with Crippen molar-refractivity contribution < 1.29 is 4.79 Å². The average Bonchev–Trinajstić information content (AvgIpc) is 2.28. The Kier molecular flexibility index (Phi) is 5.69. The van der Waals surface area contributed by atoms with E-state index in [9.17, 15) is 4.79 Å². The highest BCUT2D eigenvalue weighted by molar-refractivity contribution is 5.77. The summed E-state index contributed by atoms with van der Waals surface area (Å²) in [6.45, 7) is 2.73. The summed E-state index contributed by atoms with van der Waals surface area (Å²) in [6, 6.07) is 0.565. The Labute approximate surface area is 93.0 Å². The molecule has 0 bridgehead atoms. The van der Waals surface area contributed by atoms with Crippen LogP contribution in [0.1, 0.15) is 45.4 Å². The van der Waals surface area contributed by atoms with Crippen molar-refractivity contribution in [2.75, 3.05) is 13.6 Å².